The summed E-state index contributed by atoms with van der Waals surface area (Å²) < 4.78 is 11.2. The van der Waals surface area contributed by atoms with Gasteiger partial charge in [0.15, 0.2) is 0 Å². The van der Waals surface area contributed by atoms with Crippen molar-refractivity contribution in [3.05, 3.63) is 60.2 Å². The van der Waals surface area contributed by atoms with Crippen molar-refractivity contribution in [2.24, 2.45) is 5.92 Å². The highest BCUT2D eigenvalue weighted by atomic mass is 16.6. The predicted molar refractivity (Wildman–Crippen MR) is 115 cm³/mol. The zero-order valence-electron chi connectivity index (χ0n) is 17.7. The number of fused-ring (bicyclic) bond motifs is 3. The van der Waals surface area contributed by atoms with E-state index in [0.29, 0.717) is 23.5 Å². The van der Waals surface area contributed by atoms with Crippen molar-refractivity contribution in [1.29, 1.82) is 0 Å². The number of nitrogens with zero attached hydrogens (tertiary/aromatic N) is 2. The summed E-state index contributed by atoms with van der Waals surface area (Å²) in [6.07, 6.45) is 0.378. The van der Waals surface area contributed by atoms with E-state index >= 15 is 0 Å². The molecule has 1 atom stereocenters. The normalized spacial score (nSPS) is 20.0. The Morgan fingerprint density at radius 2 is 1.74 bits per heavy atom. The standard InChI is InChI=1S/C24H26N2O5/c1-17(2)16-25-22(28)19-10-6-7-11-20(19)26-21(27)12-13-24(25,26)23(29)31-15-14-30-18-8-4-3-5-9-18/h3-11,17H,12-16H2,1-2H3/t24-/m0/s1. The van der Waals surface area contributed by atoms with Crippen LogP contribution in [-0.2, 0) is 14.3 Å². The summed E-state index contributed by atoms with van der Waals surface area (Å²) in [6.45, 7) is 4.48. The zero-order chi connectivity index (χ0) is 22.0. The number of hydrogen-bond donors (Lipinski definition) is 0. The molecule has 0 spiro atoms. The van der Waals surface area contributed by atoms with E-state index in [0.717, 1.165) is 0 Å². The molecule has 7 heteroatoms. The van der Waals surface area contributed by atoms with Crippen LogP contribution in [0, 0.1) is 5.92 Å². The summed E-state index contributed by atoms with van der Waals surface area (Å²) in [6, 6.07) is 16.2. The van der Waals surface area contributed by atoms with Gasteiger partial charge in [-0.25, -0.2) is 4.79 Å². The minimum absolute atomic E-state index is 0.0167. The highest BCUT2D eigenvalue weighted by molar-refractivity contribution is 6.15. The van der Waals surface area contributed by atoms with E-state index in [2.05, 4.69) is 0 Å². The summed E-state index contributed by atoms with van der Waals surface area (Å²) in [5.41, 5.74) is -0.568. The van der Waals surface area contributed by atoms with Crippen molar-refractivity contribution in [1.82, 2.24) is 4.90 Å². The fraction of sp³-hybridized carbons (Fsp3) is 0.375. The second kappa shape index (κ2) is 8.41. The van der Waals surface area contributed by atoms with Gasteiger partial charge in [-0.1, -0.05) is 44.2 Å². The fourth-order valence-electron chi connectivity index (χ4n) is 4.29. The fourth-order valence-corrected chi connectivity index (χ4v) is 4.29. The van der Waals surface area contributed by atoms with Crippen molar-refractivity contribution in [3.63, 3.8) is 0 Å². The van der Waals surface area contributed by atoms with E-state index in [1.165, 1.54) is 9.80 Å². The summed E-state index contributed by atoms with van der Waals surface area (Å²) in [5.74, 6) is -0.257. The molecule has 2 heterocycles. The Labute approximate surface area is 181 Å². The first-order valence-electron chi connectivity index (χ1n) is 10.5. The number of carbonyl (C=O) groups is 3. The topological polar surface area (TPSA) is 76.2 Å². The first-order chi connectivity index (χ1) is 14.9. The van der Waals surface area contributed by atoms with E-state index in [9.17, 15) is 14.4 Å². The maximum atomic E-state index is 13.4. The number of benzene rings is 2. The van der Waals surface area contributed by atoms with Gasteiger partial charge in [-0.3, -0.25) is 14.5 Å². The lowest BCUT2D eigenvalue weighted by atomic mass is 9.95. The first kappa shape index (κ1) is 20.9. The van der Waals surface area contributed by atoms with Gasteiger partial charge in [0.1, 0.15) is 19.0 Å². The zero-order valence-corrected chi connectivity index (χ0v) is 17.7. The maximum Gasteiger partial charge on any atom is 0.353 e. The van der Waals surface area contributed by atoms with Gasteiger partial charge in [0.2, 0.25) is 11.6 Å². The average Bonchev–Trinajstić information content (AvgIpc) is 3.13. The molecule has 0 N–H and O–H groups in total. The van der Waals surface area contributed by atoms with Crippen LogP contribution < -0.4 is 9.64 Å². The number of para-hydroxylation sites is 2. The van der Waals surface area contributed by atoms with E-state index < -0.39 is 11.6 Å². The monoisotopic (exact) mass is 422 g/mol. The molecule has 31 heavy (non-hydrogen) atoms. The molecule has 2 aromatic carbocycles. The number of hydrogen-bond acceptors (Lipinski definition) is 5. The van der Waals surface area contributed by atoms with Crippen molar-refractivity contribution in [2.45, 2.75) is 32.4 Å². The molecule has 1 saturated heterocycles. The predicted octanol–water partition coefficient (Wildman–Crippen LogP) is 3.24. The summed E-state index contributed by atoms with van der Waals surface area (Å²) in [5, 5.41) is 0. The van der Waals surface area contributed by atoms with Crippen LogP contribution >= 0.6 is 0 Å². The number of ether oxygens (including phenoxy) is 2. The van der Waals surface area contributed by atoms with Gasteiger partial charge in [-0.2, -0.15) is 0 Å². The molecule has 4 rings (SSSR count). The molecular weight excluding hydrogens is 396 g/mol. The second-order valence-corrected chi connectivity index (χ2v) is 8.17. The first-order valence-corrected chi connectivity index (χ1v) is 10.5. The molecule has 2 aliphatic heterocycles. The van der Waals surface area contributed by atoms with E-state index in [-0.39, 0.29) is 43.8 Å². The Bertz CT molecular complexity index is 990. The van der Waals surface area contributed by atoms with Gasteiger partial charge in [0.05, 0.1) is 11.3 Å². The lowest BCUT2D eigenvalue weighted by Gasteiger charge is -2.48. The molecule has 0 bridgehead atoms. The van der Waals surface area contributed by atoms with Crippen LogP contribution in [0.2, 0.25) is 0 Å². The Morgan fingerprint density at radius 3 is 2.48 bits per heavy atom. The molecule has 7 nitrogen and oxygen atoms in total. The van der Waals surface area contributed by atoms with E-state index in [1.54, 1.807) is 24.3 Å². The minimum atomic E-state index is -1.46. The Balaban J connectivity index is 1.61. The van der Waals surface area contributed by atoms with E-state index in [4.69, 9.17) is 9.47 Å². The van der Waals surface area contributed by atoms with E-state index in [1.807, 2.05) is 44.2 Å². The van der Waals surface area contributed by atoms with Gasteiger partial charge >= 0.3 is 5.97 Å². The van der Waals surface area contributed by atoms with Crippen molar-refractivity contribution < 1.29 is 23.9 Å². The highest BCUT2D eigenvalue weighted by Crippen LogP contribution is 2.45. The molecule has 2 aromatic rings. The summed E-state index contributed by atoms with van der Waals surface area (Å²) in [7, 11) is 0. The number of anilines is 1. The Kier molecular flexibility index (Phi) is 5.67. The van der Waals surface area contributed by atoms with Crippen molar-refractivity contribution in [2.75, 3.05) is 24.7 Å². The molecule has 0 saturated carbocycles. The van der Waals surface area contributed by atoms with Crippen LogP contribution in [0.25, 0.3) is 0 Å². The number of rotatable bonds is 7. The van der Waals surface area contributed by atoms with Gasteiger partial charge in [0, 0.05) is 19.4 Å². The lowest BCUT2D eigenvalue weighted by molar-refractivity contribution is -0.158. The smallest absolute Gasteiger partial charge is 0.353 e. The number of carbonyl (C=O) groups excluding carboxylic acids is 3. The molecule has 0 radical (unpaired) electrons. The molecule has 2 aliphatic rings. The maximum absolute atomic E-state index is 13.4. The highest BCUT2D eigenvalue weighted by Gasteiger charge is 2.61. The molecule has 0 aliphatic carbocycles. The summed E-state index contributed by atoms with van der Waals surface area (Å²) in [4.78, 5) is 42.7. The SMILES string of the molecule is CC(C)CN1C(=O)c2ccccc2N2C(=O)CC[C@]12C(=O)OCCOc1ccccc1. The van der Waals surface area contributed by atoms with Crippen molar-refractivity contribution in [3.8, 4) is 5.75 Å². The second-order valence-electron chi connectivity index (χ2n) is 8.17. The molecular formula is C24H26N2O5. The number of amides is 2. The number of esters is 1. The molecule has 0 unspecified atom stereocenters. The molecule has 0 aromatic heterocycles. The van der Waals surface area contributed by atoms with Crippen LogP contribution in [0.5, 0.6) is 5.75 Å². The van der Waals surface area contributed by atoms with Gasteiger partial charge in [-0.05, 0) is 30.2 Å². The van der Waals surface area contributed by atoms with Crippen LogP contribution in [0.3, 0.4) is 0 Å². The minimum Gasteiger partial charge on any atom is -0.490 e. The van der Waals surface area contributed by atoms with Gasteiger partial charge < -0.3 is 14.4 Å². The Morgan fingerprint density at radius 1 is 1.03 bits per heavy atom. The molecule has 162 valence electrons. The van der Waals surface area contributed by atoms with Crippen LogP contribution in [0.4, 0.5) is 5.69 Å². The molecule has 2 amide bonds. The van der Waals surface area contributed by atoms with Crippen LogP contribution in [0.15, 0.2) is 54.6 Å². The lowest BCUT2D eigenvalue weighted by Crippen LogP contribution is -2.69. The third-order valence-corrected chi connectivity index (χ3v) is 5.58. The van der Waals surface area contributed by atoms with Crippen molar-refractivity contribution >= 4 is 23.5 Å². The Hall–Kier alpha value is -3.35. The quantitative estimate of drug-likeness (QED) is 0.506. The third kappa shape index (κ3) is 3.65. The van der Waals surface area contributed by atoms with Gasteiger partial charge in [0.25, 0.3) is 5.91 Å². The van der Waals surface area contributed by atoms with Gasteiger partial charge in [-0.15, -0.1) is 0 Å². The van der Waals surface area contributed by atoms with Crippen LogP contribution in [0.1, 0.15) is 37.0 Å². The largest absolute Gasteiger partial charge is 0.490 e. The average molecular weight is 422 g/mol. The molecule has 1 fully saturated rings. The van der Waals surface area contributed by atoms with Crippen LogP contribution in [-0.4, -0.2) is 48.1 Å². The summed E-state index contributed by atoms with van der Waals surface area (Å²) >= 11 is 0. The third-order valence-electron chi connectivity index (χ3n) is 5.58.